The maximum Gasteiger partial charge on any atom is 0.163 e. The highest BCUT2D eigenvalue weighted by molar-refractivity contribution is 5.63. The lowest BCUT2D eigenvalue weighted by atomic mass is 9.76. The maximum absolute atomic E-state index is 10.6. The number of nitrogens with one attached hydrogen (secondary N) is 1. The van der Waals surface area contributed by atoms with E-state index in [2.05, 4.69) is 29.6 Å². The van der Waals surface area contributed by atoms with E-state index in [1.807, 2.05) is 18.2 Å². The average Bonchev–Trinajstić information content (AvgIpc) is 3.11. The summed E-state index contributed by atoms with van der Waals surface area (Å²) in [6.45, 7) is 0. The molecule has 2 aromatic rings. The molecule has 2 aromatic carbocycles. The number of anilines is 1. The van der Waals surface area contributed by atoms with Crippen molar-refractivity contribution < 1.29 is 14.6 Å². The molecule has 24 heavy (non-hydrogen) atoms. The van der Waals surface area contributed by atoms with Gasteiger partial charge in [0.2, 0.25) is 0 Å². The van der Waals surface area contributed by atoms with Crippen molar-refractivity contribution in [1.82, 2.24) is 0 Å². The third-order valence-electron chi connectivity index (χ3n) is 5.16. The normalized spacial score (nSPS) is 24.0. The molecule has 0 amide bonds. The molecule has 124 valence electrons. The summed E-state index contributed by atoms with van der Waals surface area (Å²) in [6.07, 6.45) is 5.49. The van der Waals surface area contributed by atoms with E-state index in [-0.39, 0.29) is 11.8 Å². The third-order valence-corrected chi connectivity index (χ3v) is 5.16. The molecule has 1 aliphatic carbocycles. The van der Waals surface area contributed by atoms with Gasteiger partial charge in [0.1, 0.15) is 5.75 Å². The van der Waals surface area contributed by atoms with Crippen LogP contribution in [0.2, 0.25) is 0 Å². The van der Waals surface area contributed by atoms with Crippen molar-refractivity contribution in [2.75, 3.05) is 19.5 Å². The molecule has 2 N–H and O–H groups in total. The van der Waals surface area contributed by atoms with Crippen LogP contribution in [-0.4, -0.2) is 19.3 Å². The summed E-state index contributed by atoms with van der Waals surface area (Å²) in [5.41, 5.74) is 3.23. The number of phenolic OH excluding ortho intramolecular Hbond substituents is 1. The number of hydrogen-bond donors (Lipinski definition) is 2. The second-order valence-electron chi connectivity index (χ2n) is 6.33. The molecule has 1 aliphatic heterocycles. The first-order valence-corrected chi connectivity index (χ1v) is 8.20. The number of ether oxygens (including phenoxy) is 2. The van der Waals surface area contributed by atoms with Gasteiger partial charge in [-0.1, -0.05) is 24.3 Å². The van der Waals surface area contributed by atoms with Crippen LogP contribution in [0.3, 0.4) is 0 Å². The first-order chi connectivity index (χ1) is 11.7. The molecule has 3 unspecified atom stereocenters. The molecule has 0 saturated heterocycles. The molecule has 4 rings (SSSR count). The Morgan fingerprint density at radius 3 is 2.75 bits per heavy atom. The molecule has 0 spiro atoms. The first-order valence-electron chi connectivity index (χ1n) is 8.20. The fourth-order valence-electron chi connectivity index (χ4n) is 3.96. The Kier molecular flexibility index (Phi) is 3.60. The van der Waals surface area contributed by atoms with Crippen molar-refractivity contribution in [2.45, 2.75) is 18.4 Å². The van der Waals surface area contributed by atoms with E-state index in [0.29, 0.717) is 17.6 Å². The summed E-state index contributed by atoms with van der Waals surface area (Å²) < 4.78 is 10.7. The van der Waals surface area contributed by atoms with E-state index in [9.17, 15) is 5.11 Å². The largest absolute Gasteiger partial charge is 0.504 e. The lowest BCUT2D eigenvalue weighted by molar-refractivity contribution is 0.358. The van der Waals surface area contributed by atoms with Gasteiger partial charge in [0.15, 0.2) is 11.5 Å². The highest BCUT2D eigenvalue weighted by Crippen LogP contribution is 2.52. The lowest BCUT2D eigenvalue weighted by Gasteiger charge is -2.38. The van der Waals surface area contributed by atoms with E-state index < -0.39 is 0 Å². The van der Waals surface area contributed by atoms with Gasteiger partial charge < -0.3 is 19.9 Å². The molecule has 0 saturated carbocycles. The number of hydrogen-bond acceptors (Lipinski definition) is 4. The monoisotopic (exact) mass is 323 g/mol. The quantitative estimate of drug-likeness (QED) is 0.830. The van der Waals surface area contributed by atoms with Gasteiger partial charge in [-0.25, -0.2) is 0 Å². The van der Waals surface area contributed by atoms with Gasteiger partial charge in [-0.05, 0) is 42.2 Å². The molecule has 0 bridgehead atoms. The van der Waals surface area contributed by atoms with Gasteiger partial charge in [-0.2, -0.15) is 0 Å². The van der Waals surface area contributed by atoms with Crippen LogP contribution in [0.5, 0.6) is 17.2 Å². The molecule has 0 radical (unpaired) electrons. The van der Waals surface area contributed by atoms with E-state index in [4.69, 9.17) is 9.47 Å². The van der Waals surface area contributed by atoms with Crippen molar-refractivity contribution in [3.63, 3.8) is 0 Å². The van der Waals surface area contributed by atoms with Gasteiger partial charge >= 0.3 is 0 Å². The molecule has 0 fully saturated rings. The van der Waals surface area contributed by atoms with Gasteiger partial charge in [-0.3, -0.25) is 0 Å². The van der Waals surface area contributed by atoms with Crippen molar-refractivity contribution in [3.05, 3.63) is 59.7 Å². The summed E-state index contributed by atoms with van der Waals surface area (Å²) in [6, 6.07) is 11.9. The number of fused-ring (bicyclic) bond motifs is 3. The van der Waals surface area contributed by atoms with Gasteiger partial charge in [0.05, 0.1) is 20.3 Å². The molecular formula is C20H21NO3. The minimum absolute atomic E-state index is 0.0426. The number of aromatic hydroxyl groups is 1. The van der Waals surface area contributed by atoms with E-state index in [1.54, 1.807) is 20.3 Å². The van der Waals surface area contributed by atoms with Crippen molar-refractivity contribution in [2.24, 2.45) is 5.92 Å². The Bertz CT molecular complexity index is 799. The average molecular weight is 323 g/mol. The maximum atomic E-state index is 10.6. The molecular weight excluding hydrogens is 302 g/mol. The van der Waals surface area contributed by atoms with E-state index in [0.717, 1.165) is 23.4 Å². The molecule has 0 aromatic heterocycles. The molecule has 4 heteroatoms. The Hall–Kier alpha value is -2.62. The van der Waals surface area contributed by atoms with Gasteiger partial charge in [0.25, 0.3) is 0 Å². The first kappa shape index (κ1) is 14.9. The molecule has 3 atom stereocenters. The Balaban J connectivity index is 1.79. The minimum Gasteiger partial charge on any atom is -0.504 e. The standard InChI is InChI=1S/C20H21NO3/c1-23-12-9-10-17-16(11-12)13-5-3-6-14(13)19(21-17)15-7-4-8-18(24-2)20(15)22/h3-5,7-11,13-14,19,21-22H,6H2,1-2H3. The second-order valence-corrected chi connectivity index (χ2v) is 6.33. The van der Waals surface area contributed by atoms with Crippen LogP contribution >= 0.6 is 0 Å². The zero-order chi connectivity index (χ0) is 16.7. The Labute approximate surface area is 141 Å². The van der Waals surface area contributed by atoms with Crippen molar-refractivity contribution >= 4 is 5.69 Å². The number of phenols is 1. The number of allylic oxidation sites excluding steroid dienone is 2. The predicted octanol–water partition coefficient (Wildman–Crippen LogP) is 4.24. The number of para-hydroxylation sites is 1. The van der Waals surface area contributed by atoms with Crippen LogP contribution < -0.4 is 14.8 Å². The van der Waals surface area contributed by atoms with Crippen LogP contribution in [0.25, 0.3) is 0 Å². The van der Waals surface area contributed by atoms with E-state index >= 15 is 0 Å². The predicted molar refractivity (Wildman–Crippen MR) is 94.0 cm³/mol. The van der Waals surface area contributed by atoms with E-state index in [1.165, 1.54) is 5.56 Å². The number of rotatable bonds is 3. The summed E-state index contributed by atoms with van der Waals surface area (Å²) in [4.78, 5) is 0. The summed E-state index contributed by atoms with van der Waals surface area (Å²) in [7, 11) is 3.27. The molecule has 2 aliphatic rings. The topological polar surface area (TPSA) is 50.7 Å². The van der Waals surface area contributed by atoms with Crippen LogP contribution in [0.4, 0.5) is 5.69 Å². The fraction of sp³-hybridized carbons (Fsp3) is 0.300. The van der Waals surface area contributed by atoms with Gasteiger partial charge in [-0.15, -0.1) is 0 Å². The number of methoxy groups -OCH3 is 2. The van der Waals surface area contributed by atoms with Crippen LogP contribution in [0.1, 0.15) is 29.5 Å². The van der Waals surface area contributed by atoms with Crippen LogP contribution in [-0.2, 0) is 0 Å². The summed E-state index contributed by atoms with van der Waals surface area (Å²) >= 11 is 0. The summed E-state index contributed by atoms with van der Waals surface area (Å²) in [5.74, 6) is 2.30. The number of benzene rings is 2. The summed E-state index contributed by atoms with van der Waals surface area (Å²) in [5, 5.41) is 14.2. The van der Waals surface area contributed by atoms with Gasteiger partial charge in [0, 0.05) is 17.2 Å². The minimum atomic E-state index is 0.0426. The third kappa shape index (κ3) is 2.21. The van der Waals surface area contributed by atoms with Crippen LogP contribution in [0.15, 0.2) is 48.6 Å². The van der Waals surface area contributed by atoms with Crippen molar-refractivity contribution in [3.8, 4) is 17.2 Å². The second kappa shape index (κ2) is 5.78. The zero-order valence-electron chi connectivity index (χ0n) is 13.8. The SMILES string of the molecule is COc1ccc2c(c1)C1C=CCC1C(c1cccc(OC)c1O)N2. The fourth-order valence-corrected chi connectivity index (χ4v) is 3.96. The zero-order valence-corrected chi connectivity index (χ0v) is 13.8. The Morgan fingerprint density at radius 2 is 1.96 bits per heavy atom. The lowest BCUT2D eigenvalue weighted by Crippen LogP contribution is -2.29. The van der Waals surface area contributed by atoms with Crippen LogP contribution in [0, 0.1) is 5.92 Å². The highest BCUT2D eigenvalue weighted by Gasteiger charge is 2.39. The molecule has 1 heterocycles. The molecule has 4 nitrogen and oxygen atoms in total. The Morgan fingerprint density at radius 1 is 1.08 bits per heavy atom. The van der Waals surface area contributed by atoms with Crippen molar-refractivity contribution in [1.29, 1.82) is 0 Å². The smallest absolute Gasteiger partial charge is 0.163 e. The highest BCUT2D eigenvalue weighted by atomic mass is 16.5.